The van der Waals surface area contributed by atoms with Crippen molar-refractivity contribution in [3.05, 3.63) is 18.3 Å². The van der Waals surface area contributed by atoms with Crippen molar-refractivity contribution in [3.63, 3.8) is 0 Å². The Morgan fingerprint density at radius 2 is 2.25 bits per heavy atom. The van der Waals surface area contributed by atoms with Gasteiger partial charge in [0.2, 0.25) is 0 Å². The van der Waals surface area contributed by atoms with Crippen LogP contribution in [0.5, 0.6) is 0 Å². The largest absolute Gasteiger partial charge is 0.396 e. The lowest BCUT2D eigenvalue weighted by molar-refractivity contribution is 0.178. The Kier molecular flexibility index (Phi) is 3.62. The SMILES string of the molecule is Nc1ncccc1NC1CCCCC1CO. The Balaban J connectivity index is 2.05. The molecule has 0 spiro atoms. The molecular weight excluding hydrogens is 202 g/mol. The minimum atomic E-state index is 0.248. The molecule has 1 aliphatic carbocycles. The summed E-state index contributed by atoms with van der Waals surface area (Å²) in [5, 5.41) is 12.7. The monoisotopic (exact) mass is 221 g/mol. The van der Waals surface area contributed by atoms with E-state index < -0.39 is 0 Å². The Labute approximate surface area is 95.9 Å². The number of anilines is 2. The molecule has 0 bridgehead atoms. The van der Waals surface area contributed by atoms with Crippen LogP contribution in [0.25, 0.3) is 0 Å². The first-order valence-electron chi connectivity index (χ1n) is 5.89. The normalized spacial score (nSPS) is 25.3. The van der Waals surface area contributed by atoms with Crippen molar-refractivity contribution in [1.29, 1.82) is 0 Å². The van der Waals surface area contributed by atoms with E-state index in [2.05, 4.69) is 10.3 Å². The van der Waals surface area contributed by atoms with Crippen LogP contribution in [-0.2, 0) is 0 Å². The molecule has 1 heterocycles. The molecule has 16 heavy (non-hydrogen) atoms. The van der Waals surface area contributed by atoms with E-state index >= 15 is 0 Å². The third-order valence-corrected chi connectivity index (χ3v) is 3.32. The molecule has 0 amide bonds. The van der Waals surface area contributed by atoms with Crippen LogP contribution in [0.4, 0.5) is 11.5 Å². The molecule has 0 radical (unpaired) electrons. The molecule has 0 saturated heterocycles. The van der Waals surface area contributed by atoms with Gasteiger partial charge in [0.05, 0.1) is 5.69 Å². The minimum Gasteiger partial charge on any atom is -0.396 e. The van der Waals surface area contributed by atoms with E-state index in [9.17, 15) is 5.11 Å². The number of hydrogen-bond acceptors (Lipinski definition) is 4. The molecule has 0 aliphatic heterocycles. The number of aliphatic hydroxyl groups is 1. The number of nitrogens with zero attached hydrogens (tertiary/aromatic N) is 1. The van der Waals surface area contributed by atoms with E-state index in [1.54, 1.807) is 6.20 Å². The number of hydrogen-bond donors (Lipinski definition) is 3. The van der Waals surface area contributed by atoms with Crippen LogP contribution < -0.4 is 11.1 Å². The van der Waals surface area contributed by atoms with Gasteiger partial charge in [-0.3, -0.25) is 0 Å². The highest BCUT2D eigenvalue weighted by Crippen LogP contribution is 2.28. The summed E-state index contributed by atoms with van der Waals surface area (Å²) >= 11 is 0. The third kappa shape index (κ3) is 2.44. The van der Waals surface area contributed by atoms with Gasteiger partial charge in [-0.2, -0.15) is 0 Å². The molecule has 4 nitrogen and oxygen atoms in total. The molecule has 1 aromatic heterocycles. The Bertz CT molecular complexity index is 343. The van der Waals surface area contributed by atoms with Crippen LogP contribution in [0.2, 0.25) is 0 Å². The highest BCUT2D eigenvalue weighted by molar-refractivity contribution is 5.61. The maximum Gasteiger partial charge on any atom is 0.146 e. The molecule has 1 aliphatic rings. The molecule has 2 rings (SSSR count). The van der Waals surface area contributed by atoms with E-state index in [0.29, 0.717) is 17.8 Å². The van der Waals surface area contributed by atoms with Crippen molar-refractivity contribution in [3.8, 4) is 0 Å². The van der Waals surface area contributed by atoms with Gasteiger partial charge >= 0.3 is 0 Å². The summed E-state index contributed by atoms with van der Waals surface area (Å²) in [6.45, 7) is 0.248. The van der Waals surface area contributed by atoms with Gasteiger partial charge in [-0.15, -0.1) is 0 Å². The van der Waals surface area contributed by atoms with E-state index in [4.69, 9.17) is 5.73 Å². The van der Waals surface area contributed by atoms with Crippen LogP contribution in [0.1, 0.15) is 25.7 Å². The summed E-state index contributed by atoms with van der Waals surface area (Å²) in [7, 11) is 0. The van der Waals surface area contributed by atoms with Crippen molar-refractivity contribution in [2.45, 2.75) is 31.7 Å². The summed E-state index contributed by atoms with van der Waals surface area (Å²) in [6.07, 6.45) is 6.30. The molecule has 0 aromatic carbocycles. The quantitative estimate of drug-likeness (QED) is 0.725. The van der Waals surface area contributed by atoms with Crippen LogP contribution in [0, 0.1) is 5.92 Å². The highest BCUT2D eigenvalue weighted by atomic mass is 16.3. The molecular formula is C12H19N3O. The zero-order valence-electron chi connectivity index (χ0n) is 9.39. The average molecular weight is 221 g/mol. The van der Waals surface area contributed by atoms with E-state index in [1.165, 1.54) is 12.8 Å². The second-order valence-electron chi connectivity index (χ2n) is 4.41. The molecule has 2 atom stereocenters. The van der Waals surface area contributed by atoms with Gasteiger partial charge < -0.3 is 16.2 Å². The first kappa shape index (κ1) is 11.2. The topological polar surface area (TPSA) is 71.2 Å². The van der Waals surface area contributed by atoms with Crippen molar-refractivity contribution in [2.75, 3.05) is 17.7 Å². The van der Waals surface area contributed by atoms with Crippen LogP contribution >= 0.6 is 0 Å². The van der Waals surface area contributed by atoms with Gasteiger partial charge in [0.15, 0.2) is 0 Å². The lowest BCUT2D eigenvalue weighted by Gasteiger charge is -2.31. The van der Waals surface area contributed by atoms with E-state index in [-0.39, 0.29) is 6.61 Å². The summed E-state index contributed by atoms with van der Waals surface area (Å²) in [4.78, 5) is 4.05. The number of aliphatic hydroxyl groups excluding tert-OH is 1. The molecule has 1 fully saturated rings. The number of nitrogens with two attached hydrogens (primary N) is 1. The summed E-state index contributed by atoms with van der Waals surface area (Å²) in [5.74, 6) is 0.873. The van der Waals surface area contributed by atoms with E-state index in [1.807, 2.05) is 12.1 Å². The maximum absolute atomic E-state index is 9.32. The smallest absolute Gasteiger partial charge is 0.146 e. The first-order valence-corrected chi connectivity index (χ1v) is 5.89. The van der Waals surface area contributed by atoms with Gasteiger partial charge in [-0.05, 0) is 25.0 Å². The molecule has 88 valence electrons. The fourth-order valence-corrected chi connectivity index (χ4v) is 2.36. The van der Waals surface area contributed by atoms with Gasteiger partial charge in [0.1, 0.15) is 5.82 Å². The number of pyridine rings is 1. The lowest BCUT2D eigenvalue weighted by Crippen LogP contribution is -2.34. The third-order valence-electron chi connectivity index (χ3n) is 3.32. The van der Waals surface area contributed by atoms with Crippen molar-refractivity contribution in [1.82, 2.24) is 4.98 Å². The molecule has 4 heteroatoms. The Hall–Kier alpha value is -1.29. The highest BCUT2D eigenvalue weighted by Gasteiger charge is 2.24. The lowest BCUT2D eigenvalue weighted by atomic mass is 9.85. The van der Waals surface area contributed by atoms with Crippen molar-refractivity contribution < 1.29 is 5.11 Å². The summed E-state index contributed by atoms with van der Waals surface area (Å²) in [6, 6.07) is 4.13. The van der Waals surface area contributed by atoms with Crippen LogP contribution in [-0.4, -0.2) is 22.7 Å². The fourth-order valence-electron chi connectivity index (χ4n) is 2.36. The maximum atomic E-state index is 9.32. The minimum absolute atomic E-state index is 0.248. The predicted octanol–water partition coefficient (Wildman–Crippen LogP) is 1.63. The van der Waals surface area contributed by atoms with Crippen LogP contribution in [0.3, 0.4) is 0 Å². The zero-order valence-corrected chi connectivity index (χ0v) is 9.39. The van der Waals surface area contributed by atoms with E-state index in [0.717, 1.165) is 18.5 Å². The number of aromatic nitrogens is 1. The second-order valence-corrected chi connectivity index (χ2v) is 4.41. The van der Waals surface area contributed by atoms with Gasteiger partial charge in [0, 0.05) is 24.8 Å². The zero-order chi connectivity index (χ0) is 11.4. The molecule has 1 saturated carbocycles. The van der Waals surface area contributed by atoms with Crippen LogP contribution in [0.15, 0.2) is 18.3 Å². The number of nitrogens with one attached hydrogen (secondary N) is 1. The summed E-state index contributed by atoms with van der Waals surface area (Å²) < 4.78 is 0. The van der Waals surface area contributed by atoms with Gasteiger partial charge in [-0.1, -0.05) is 12.8 Å². The number of rotatable bonds is 3. The first-order chi connectivity index (χ1) is 7.81. The van der Waals surface area contributed by atoms with Crippen molar-refractivity contribution in [2.24, 2.45) is 5.92 Å². The van der Waals surface area contributed by atoms with Gasteiger partial charge in [-0.25, -0.2) is 4.98 Å². The predicted molar refractivity (Wildman–Crippen MR) is 65.1 cm³/mol. The second kappa shape index (κ2) is 5.16. The summed E-state index contributed by atoms with van der Waals surface area (Å²) in [5.41, 5.74) is 6.67. The number of nitrogen functional groups attached to an aromatic ring is 1. The van der Waals surface area contributed by atoms with Gasteiger partial charge in [0.25, 0.3) is 0 Å². The molecule has 4 N–H and O–H groups in total. The molecule has 2 unspecified atom stereocenters. The molecule has 1 aromatic rings. The Morgan fingerprint density at radius 3 is 3.00 bits per heavy atom. The standard InChI is InChI=1S/C12H19N3O/c13-12-11(6-3-7-14-12)15-10-5-2-1-4-9(10)8-16/h3,6-7,9-10,15-16H,1-2,4-5,8H2,(H2,13,14). The Morgan fingerprint density at radius 1 is 1.44 bits per heavy atom. The average Bonchev–Trinajstić information content (AvgIpc) is 2.33. The van der Waals surface area contributed by atoms with Crippen molar-refractivity contribution >= 4 is 11.5 Å². The fraction of sp³-hybridized carbons (Fsp3) is 0.583.